The van der Waals surface area contributed by atoms with Crippen LogP contribution in [0.1, 0.15) is 67.4 Å². The molecule has 1 aromatic heterocycles. The van der Waals surface area contributed by atoms with Crippen molar-refractivity contribution in [3.8, 4) is 28.3 Å². The maximum absolute atomic E-state index is 13.4. The highest BCUT2D eigenvalue weighted by Gasteiger charge is 2.38. The Morgan fingerprint density at radius 1 is 0.812 bits per heavy atom. The topological polar surface area (TPSA) is 122 Å². The van der Waals surface area contributed by atoms with Gasteiger partial charge >= 0.3 is 5.97 Å². The number of carboxylic acid groups (broad SMARTS) is 1. The maximum Gasteiger partial charge on any atom is 0.310 e. The molecule has 0 saturated carbocycles. The van der Waals surface area contributed by atoms with E-state index in [1.807, 2.05) is 67.6 Å². The van der Waals surface area contributed by atoms with Gasteiger partial charge in [-0.15, -0.1) is 0 Å². The molecule has 5 rings (SSSR count). The minimum atomic E-state index is -0.923. The van der Waals surface area contributed by atoms with Crippen molar-refractivity contribution in [1.29, 1.82) is 0 Å². The Morgan fingerprint density at radius 2 is 1.44 bits per heavy atom. The van der Waals surface area contributed by atoms with Crippen LogP contribution in [0.2, 0.25) is 0 Å². The number of likely N-dealkylation sites (tertiary alicyclic amines) is 1. The van der Waals surface area contributed by atoms with Gasteiger partial charge in [-0.25, -0.2) is 9.97 Å². The number of hydrogen-bond acceptors (Lipinski definition) is 6. The molecular formula is C39H44N4O5. The van der Waals surface area contributed by atoms with E-state index in [4.69, 9.17) is 4.74 Å². The molecule has 0 radical (unpaired) electrons. The number of nitrogens with one attached hydrogen (secondary N) is 1. The van der Waals surface area contributed by atoms with Crippen molar-refractivity contribution < 1.29 is 24.2 Å². The number of aromatic nitrogens is 2. The van der Waals surface area contributed by atoms with Gasteiger partial charge in [0.1, 0.15) is 11.8 Å². The predicted octanol–water partition coefficient (Wildman–Crippen LogP) is 6.61. The number of benzene rings is 3. The normalized spacial score (nSPS) is 13.4. The van der Waals surface area contributed by atoms with Crippen LogP contribution in [0.5, 0.6) is 5.75 Å². The lowest BCUT2D eigenvalue weighted by atomic mass is 9.96. The number of carbonyl (C=O) groups excluding carboxylic acids is 2. The molecule has 2 N–H and O–H groups in total. The van der Waals surface area contributed by atoms with Crippen molar-refractivity contribution in [1.82, 2.24) is 20.2 Å². The molecule has 0 spiro atoms. The van der Waals surface area contributed by atoms with E-state index in [9.17, 15) is 19.5 Å². The molecule has 9 heteroatoms. The molecule has 0 unspecified atom stereocenters. The average Bonchev–Trinajstić information content (AvgIpc) is 3.09. The number of carbonyl (C=O) groups is 3. The summed E-state index contributed by atoms with van der Waals surface area (Å²) >= 11 is 0. The first-order valence-corrected chi connectivity index (χ1v) is 16.9. The van der Waals surface area contributed by atoms with E-state index in [1.165, 1.54) is 30.6 Å². The van der Waals surface area contributed by atoms with Crippen LogP contribution in [0.4, 0.5) is 0 Å². The molecule has 1 aliphatic heterocycles. The molecule has 0 aliphatic carbocycles. The van der Waals surface area contributed by atoms with Crippen molar-refractivity contribution in [3.05, 3.63) is 102 Å². The first kappa shape index (κ1) is 34.3. The highest BCUT2D eigenvalue weighted by molar-refractivity contribution is 5.98. The van der Waals surface area contributed by atoms with E-state index in [2.05, 4.69) is 22.2 Å². The first-order valence-electron chi connectivity index (χ1n) is 16.9. The van der Waals surface area contributed by atoms with Gasteiger partial charge < -0.3 is 20.1 Å². The lowest BCUT2D eigenvalue weighted by Gasteiger charge is -2.39. The van der Waals surface area contributed by atoms with E-state index in [1.54, 1.807) is 24.5 Å². The second-order valence-electron chi connectivity index (χ2n) is 12.3. The fourth-order valence-corrected chi connectivity index (χ4v) is 5.66. The number of nitrogens with zero attached hydrogens (tertiary/aromatic N) is 3. The number of unbranched alkanes of at least 4 members (excludes halogenated alkanes) is 4. The minimum absolute atomic E-state index is 0.134. The molecule has 9 nitrogen and oxygen atoms in total. The SMILES string of the molecule is CCCCCCCOc1ccc(-c2cnc(-c3ccc(C[C@H](NC(=O)c4ccc(CC)cc4)C(=O)N4CC(C(=O)O)C4)cc3)nc2)cc1. The Kier molecular flexibility index (Phi) is 11.9. The highest BCUT2D eigenvalue weighted by atomic mass is 16.5. The second-order valence-corrected chi connectivity index (χ2v) is 12.3. The summed E-state index contributed by atoms with van der Waals surface area (Å²) in [7, 11) is 0. The highest BCUT2D eigenvalue weighted by Crippen LogP contribution is 2.24. The van der Waals surface area contributed by atoms with Crippen molar-refractivity contribution in [3.63, 3.8) is 0 Å². The van der Waals surface area contributed by atoms with Gasteiger partial charge in [-0.3, -0.25) is 14.4 Å². The monoisotopic (exact) mass is 648 g/mol. The Labute approximate surface area is 282 Å². The summed E-state index contributed by atoms with van der Waals surface area (Å²) in [6.07, 6.45) is 10.7. The van der Waals surface area contributed by atoms with E-state index in [0.29, 0.717) is 11.4 Å². The Morgan fingerprint density at radius 3 is 2.06 bits per heavy atom. The number of hydrogen-bond donors (Lipinski definition) is 2. The van der Waals surface area contributed by atoms with Crippen LogP contribution in [0.25, 0.3) is 22.5 Å². The smallest absolute Gasteiger partial charge is 0.310 e. The molecule has 0 bridgehead atoms. The van der Waals surface area contributed by atoms with E-state index < -0.39 is 17.9 Å². The van der Waals surface area contributed by atoms with Crippen molar-refractivity contribution >= 4 is 17.8 Å². The largest absolute Gasteiger partial charge is 0.494 e. The molecule has 48 heavy (non-hydrogen) atoms. The van der Waals surface area contributed by atoms with E-state index >= 15 is 0 Å². The maximum atomic E-state index is 13.4. The second kappa shape index (κ2) is 16.7. The molecule has 1 atom stereocenters. The third-order valence-corrected chi connectivity index (χ3v) is 8.78. The Bertz CT molecular complexity index is 1650. The van der Waals surface area contributed by atoms with Gasteiger partial charge in [0.15, 0.2) is 5.82 Å². The number of carboxylic acids is 1. The van der Waals surface area contributed by atoms with E-state index in [-0.39, 0.29) is 31.3 Å². The van der Waals surface area contributed by atoms with Gasteiger partial charge in [-0.1, -0.05) is 88.1 Å². The standard InChI is InChI=1S/C39H44N4O5/c1-3-5-6-7-8-21-48-34-19-17-29(18-20-34)32-23-40-36(41-24-32)30-13-11-28(12-14-30)22-35(38(45)43-25-33(26-43)39(46)47)42-37(44)31-15-9-27(4-2)10-16-31/h9-20,23-24,33,35H,3-8,21-22,25-26H2,1-2H3,(H,42,44)(H,46,47)/t35-/m0/s1. The fraction of sp³-hybridized carbons (Fsp3) is 0.359. The lowest BCUT2D eigenvalue weighted by molar-refractivity contribution is -0.153. The quantitative estimate of drug-likeness (QED) is 0.131. The Hall–Kier alpha value is -5.05. The summed E-state index contributed by atoms with van der Waals surface area (Å²) in [5.74, 6) is -0.721. The molecule has 1 fully saturated rings. The predicted molar refractivity (Wildman–Crippen MR) is 186 cm³/mol. The molecule has 2 heterocycles. The van der Waals surface area contributed by atoms with Crippen LogP contribution in [0.3, 0.4) is 0 Å². The third-order valence-electron chi connectivity index (χ3n) is 8.78. The molecule has 1 aliphatic rings. The molecular weight excluding hydrogens is 604 g/mol. The van der Waals surface area contributed by atoms with Crippen LogP contribution >= 0.6 is 0 Å². The average molecular weight is 649 g/mol. The van der Waals surface area contributed by atoms with Gasteiger partial charge in [0.05, 0.1) is 12.5 Å². The summed E-state index contributed by atoms with van der Waals surface area (Å²) in [6, 6.07) is 22.0. The number of rotatable bonds is 16. The van der Waals surface area contributed by atoms with Crippen LogP contribution in [0, 0.1) is 5.92 Å². The van der Waals surface area contributed by atoms with Gasteiger partial charge in [0.25, 0.3) is 5.91 Å². The zero-order valence-electron chi connectivity index (χ0n) is 27.7. The van der Waals surface area contributed by atoms with Crippen LogP contribution in [0.15, 0.2) is 85.2 Å². The summed E-state index contributed by atoms with van der Waals surface area (Å²) < 4.78 is 5.89. The van der Waals surface area contributed by atoms with Crippen LogP contribution in [-0.4, -0.2) is 63.5 Å². The lowest BCUT2D eigenvalue weighted by Crippen LogP contribution is -2.59. The summed E-state index contributed by atoms with van der Waals surface area (Å²) in [6.45, 7) is 5.25. The zero-order chi connectivity index (χ0) is 33.9. The third kappa shape index (κ3) is 9.06. The van der Waals surface area contributed by atoms with E-state index in [0.717, 1.165) is 53.0 Å². The molecule has 1 saturated heterocycles. The fourth-order valence-electron chi connectivity index (χ4n) is 5.66. The van der Waals surface area contributed by atoms with Crippen molar-refractivity contribution in [2.75, 3.05) is 19.7 Å². The summed E-state index contributed by atoms with van der Waals surface area (Å²) in [4.78, 5) is 48.5. The molecule has 2 amide bonds. The van der Waals surface area contributed by atoms with Crippen LogP contribution in [-0.2, 0) is 22.4 Å². The minimum Gasteiger partial charge on any atom is -0.494 e. The van der Waals surface area contributed by atoms with Crippen molar-refractivity contribution in [2.24, 2.45) is 5.92 Å². The van der Waals surface area contributed by atoms with Gasteiger partial charge in [0, 0.05) is 48.6 Å². The number of ether oxygens (including phenoxy) is 1. The van der Waals surface area contributed by atoms with Crippen molar-refractivity contribution in [2.45, 2.75) is 64.8 Å². The molecule has 4 aromatic rings. The van der Waals surface area contributed by atoms with Gasteiger partial charge in [-0.2, -0.15) is 0 Å². The molecule has 250 valence electrons. The van der Waals surface area contributed by atoms with Gasteiger partial charge in [-0.05, 0) is 53.8 Å². The number of aliphatic carboxylic acids is 1. The number of amides is 2. The van der Waals surface area contributed by atoms with Gasteiger partial charge in [0.2, 0.25) is 5.91 Å². The molecule has 3 aromatic carbocycles. The summed E-state index contributed by atoms with van der Waals surface area (Å²) in [5.41, 5.74) is 5.14. The summed E-state index contributed by atoms with van der Waals surface area (Å²) in [5, 5.41) is 12.2. The number of aryl methyl sites for hydroxylation is 1. The Balaban J connectivity index is 1.21. The first-order chi connectivity index (χ1) is 23.3. The van der Waals surface area contributed by atoms with Crippen LogP contribution < -0.4 is 10.1 Å². The zero-order valence-corrected chi connectivity index (χ0v) is 27.7.